The zero-order chi connectivity index (χ0) is 10.8. The smallest absolute Gasteiger partial charge is 0.250 e. The summed E-state index contributed by atoms with van der Waals surface area (Å²) >= 11 is 4.69. The van der Waals surface area contributed by atoms with E-state index < -0.39 is 0 Å². The number of hydrogen-bond donors (Lipinski definition) is 1. The standard InChI is InChI=1S/C9H8BrN3OS/c10-6-1-2-8(14)13(3-6)4-7-5-15-9(11)12-7/h1-3,5H,4H2,(H2,11,12). The number of hydrogen-bond acceptors (Lipinski definition) is 4. The lowest BCUT2D eigenvalue weighted by atomic mass is 10.4. The van der Waals surface area contributed by atoms with Crippen molar-refractivity contribution in [1.29, 1.82) is 0 Å². The van der Waals surface area contributed by atoms with E-state index >= 15 is 0 Å². The van der Waals surface area contributed by atoms with Gasteiger partial charge >= 0.3 is 0 Å². The van der Waals surface area contributed by atoms with Crippen molar-refractivity contribution in [3.05, 3.63) is 44.2 Å². The van der Waals surface area contributed by atoms with Crippen LogP contribution >= 0.6 is 27.3 Å². The van der Waals surface area contributed by atoms with Crippen LogP contribution in [0, 0.1) is 0 Å². The Morgan fingerprint density at radius 3 is 3.00 bits per heavy atom. The molecule has 0 aromatic carbocycles. The average molecular weight is 286 g/mol. The molecule has 15 heavy (non-hydrogen) atoms. The van der Waals surface area contributed by atoms with Gasteiger partial charge in [0, 0.05) is 22.1 Å². The van der Waals surface area contributed by atoms with Crippen molar-refractivity contribution in [2.45, 2.75) is 6.54 Å². The van der Waals surface area contributed by atoms with Crippen LogP contribution in [0.15, 0.2) is 33.0 Å². The molecule has 0 radical (unpaired) electrons. The summed E-state index contributed by atoms with van der Waals surface area (Å²) in [4.78, 5) is 15.6. The predicted molar refractivity (Wildman–Crippen MR) is 64.0 cm³/mol. The Kier molecular flexibility index (Phi) is 2.88. The third kappa shape index (κ3) is 2.45. The van der Waals surface area contributed by atoms with Gasteiger partial charge in [0.2, 0.25) is 0 Å². The average Bonchev–Trinajstić information content (AvgIpc) is 2.58. The van der Waals surface area contributed by atoms with Gasteiger partial charge in [0.15, 0.2) is 5.13 Å². The summed E-state index contributed by atoms with van der Waals surface area (Å²) in [5.41, 5.74) is 6.26. The summed E-state index contributed by atoms with van der Waals surface area (Å²) in [7, 11) is 0. The van der Waals surface area contributed by atoms with E-state index in [9.17, 15) is 4.79 Å². The Hall–Kier alpha value is -1.14. The molecule has 0 bridgehead atoms. The van der Waals surface area contributed by atoms with Crippen molar-refractivity contribution < 1.29 is 0 Å². The molecule has 78 valence electrons. The summed E-state index contributed by atoms with van der Waals surface area (Å²) < 4.78 is 2.45. The predicted octanol–water partition coefficient (Wildman–Crippen LogP) is 1.70. The number of nitrogens with zero attached hydrogens (tertiary/aromatic N) is 2. The largest absolute Gasteiger partial charge is 0.375 e. The molecular weight excluding hydrogens is 278 g/mol. The van der Waals surface area contributed by atoms with E-state index in [-0.39, 0.29) is 5.56 Å². The van der Waals surface area contributed by atoms with E-state index in [0.717, 1.165) is 10.2 Å². The number of halogens is 1. The molecule has 0 saturated heterocycles. The van der Waals surface area contributed by atoms with Gasteiger partial charge < -0.3 is 10.3 Å². The van der Waals surface area contributed by atoms with Crippen LogP contribution in [0.3, 0.4) is 0 Å². The van der Waals surface area contributed by atoms with Gasteiger partial charge in [0.05, 0.1) is 12.2 Å². The van der Waals surface area contributed by atoms with Crippen LogP contribution < -0.4 is 11.3 Å². The van der Waals surface area contributed by atoms with Gasteiger partial charge in [0.1, 0.15) is 0 Å². The highest BCUT2D eigenvalue weighted by Gasteiger charge is 2.02. The maximum absolute atomic E-state index is 11.5. The molecule has 2 heterocycles. The lowest BCUT2D eigenvalue weighted by Crippen LogP contribution is -2.18. The number of nitrogen functional groups attached to an aromatic ring is 1. The molecule has 2 N–H and O–H groups in total. The zero-order valence-corrected chi connectivity index (χ0v) is 10.1. The fourth-order valence-electron chi connectivity index (χ4n) is 1.20. The molecule has 0 saturated carbocycles. The van der Waals surface area contributed by atoms with E-state index in [0.29, 0.717) is 11.7 Å². The molecule has 0 fully saturated rings. The molecule has 0 aliphatic rings. The molecule has 2 aromatic rings. The summed E-state index contributed by atoms with van der Waals surface area (Å²) in [5.74, 6) is 0. The molecule has 0 unspecified atom stereocenters. The van der Waals surface area contributed by atoms with Crippen molar-refractivity contribution in [2.75, 3.05) is 5.73 Å². The van der Waals surface area contributed by atoms with Crippen molar-refractivity contribution in [2.24, 2.45) is 0 Å². The Morgan fingerprint density at radius 2 is 2.33 bits per heavy atom. The van der Waals surface area contributed by atoms with Crippen LogP contribution in [-0.2, 0) is 6.54 Å². The monoisotopic (exact) mass is 285 g/mol. The molecule has 0 amide bonds. The summed E-state index contributed by atoms with van der Waals surface area (Å²) in [6.07, 6.45) is 1.73. The molecule has 6 heteroatoms. The summed E-state index contributed by atoms with van der Waals surface area (Å²) in [6.45, 7) is 0.450. The van der Waals surface area contributed by atoms with Crippen LogP contribution in [0.2, 0.25) is 0 Å². The molecule has 0 atom stereocenters. The van der Waals surface area contributed by atoms with Gasteiger partial charge in [-0.05, 0) is 22.0 Å². The minimum atomic E-state index is -0.0511. The van der Waals surface area contributed by atoms with E-state index in [4.69, 9.17) is 5.73 Å². The molecule has 0 spiro atoms. The SMILES string of the molecule is Nc1nc(Cn2cc(Br)ccc2=O)cs1. The number of aromatic nitrogens is 2. The van der Waals surface area contributed by atoms with Crippen LogP contribution in [0.25, 0.3) is 0 Å². The molecule has 2 aromatic heterocycles. The van der Waals surface area contributed by atoms with Crippen LogP contribution in [0.4, 0.5) is 5.13 Å². The second-order valence-corrected chi connectivity index (χ2v) is 4.80. The maximum atomic E-state index is 11.5. The highest BCUT2D eigenvalue weighted by atomic mass is 79.9. The van der Waals surface area contributed by atoms with Gasteiger partial charge in [-0.25, -0.2) is 4.98 Å². The molecule has 0 aliphatic carbocycles. The second kappa shape index (κ2) is 4.16. The van der Waals surface area contributed by atoms with E-state index in [2.05, 4.69) is 20.9 Å². The summed E-state index contributed by atoms with van der Waals surface area (Å²) in [6, 6.07) is 3.23. The lowest BCUT2D eigenvalue weighted by Gasteiger charge is -2.02. The van der Waals surface area contributed by atoms with Crippen LogP contribution in [0.1, 0.15) is 5.69 Å². The first kappa shape index (κ1) is 10.4. The Morgan fingerprint density at radius 1 is 1.53 bits per heavy atom. The topological polar surface area (TPSA) is 60.9 Å². The molecule has 2 rings (SSSR count). The Balaban J connectivity index is 2.31. The minimum absolute atomic E-state index is 0.0511. The summed E-state index contributed by atoms with van der Waals surface area (Å²) in [5, 5.41) is 2.37. The first-order valence-corrected chi connectivity index (χ1v) is 5.88. The number of rotatable bonds is 2. The molecule has 4 nitrogen and oxygen atoms in total. The van der Waals surface area contributed by atoms with Crippen LogP contribution in [-0.4, -0.2) is 9.55 Å². The zero-order valence-electron chi connectivity index (χ0n) is 7.68. The van der Waals surface area contributed by atoms with E-state index in [1.807, 2.05) is 5.38 Å². The van der Waals surface area contributed by atoms with Gasteiger partial charge in [-0.1, -0.05) is 0 Å². The lowest BCUT2D eigenvalue weighted by molar-refractivity contribution is 0.742. The van der Waals surface area contributed by atoms with Gasteiger partial charge in [-0.3, -0.25) is 4.79 Å². The minimum Gasteiger partial charge on any atom is -0.375 e. The van der Waals surface area contributed by atoms with Crippen molar-refractivity contribution in [1.82, 2.24) is 9.55 Å². The fourth-order valence-corrected chi connectivity index (χ4v) is 2.13. The van der Waals surface area contributed by atoms with Crippen LogP contribution in [0.5, 0.6) is 0 Å². The normalized spacial score (nSPS) is 10.5. The van der Waals surface area contributed by atoms with Gasteiger partial charge in [-0.15, -0.1) is 11.3 Å². The number of anilines is 1. The van der Waals surface area contributed by atoms with E-state index in [1.54, 1.807) is 16.8 Å². The number of nitrogens with two attached hydrogens (primary N) is 1. The van der Waals surface area contributed by atoms with Crippen molar-refractivity contribution in [3.8, 4) is 0 Å². The molecule has 0 aliphatic heterocycles. The Labute approximate surface area is 98.5 Å². The Bertz CT molecular complexity index is 534. The first-order valence-electron chi connectivity index (χ1n) is 4.21. The third-order valence-electron chi connectivity index (χ3n) is 1.85. The third-order valence-corrected chi connectivity index (χ3v) is 3.04. The highest BCUT2D eigenvalue weighted by molar-refractivity contribution is 9.10. The van der Waals surface area contributed by atoms with Crippen molar-refractivity contribution in [3.63, 3.8) is 0 Å². The second-order valence-electron chi connectivity index (χ2n) is 2.99. The first-order chi connectivity index (χ1) is 7.15. The highest BCUT2D eigenvalue weighted by Crippen LogP contribution is 2.12. The fraction of sp³-hybridized carbons (Fsp3) is 0.111. The van der Waals surface area contributed by atoms with Gasteiger partial charge in [0.25, 0.3) is 5.56 Å². The van der Waals surface area contributed by atoms with Crippen molar-refractivity contribution >= 4 is 32.4 Å². The quantitative estimate of drug-likeness (QED) is 0.914. The van der Waals surface area contributed by atoms with Gasteiger partial charge in [-0.2, -0.15) is 0 Å². The maximum Gasteiger partial charge on any atom is 0.250 e. The number of thiazole rings is 1. The number of pyridine rings is 1. The van der Waals surface area contributed by atoms with E-state index in [1.165, 1.54) is 17.4 Å². The molecular formula is C9H8BrN3OS.